The summed E-state index contributed by atoms with van der Waals surface area (Å²) in [4.78, 5) is 4.71. The van der Waals surface area contributed by atoms with E-state index in [-0.39, 0.29) is 12.7 Å². The number of benzene rings is 1. The van der Waals surface area contributed by atoms with Crippen LogP contribution in [0.4, 0.5) is 14.5 Å². The Morgan fingerprint density at radius 1 is 1.17 bits per heavy atom. The number of halogens is 2. The topological polar surface area (TPSA) is 51.8 Å². The number of piperidine rings is 1. The second-order valence-corrected chi connectivity index (χ2v) is 12.2. The molecule has 1 aromatic carbocycles. The fourth-order valence-electron chi connectivity index (χ4n) is 7.49. The van der Waals surface area contributed by atoms with Crippen molar-refractivity contribution in [2.45, 2.75) is 76.3 Å². The number of hydrogen-bond acceptors (Lipinski definition) is 6. The van der Waals surface area contributed by atoms with Gasteiger partial charge in [0.2, 0.25) is 0 Å². The van der Waals surface area contributed by atoms with Gasteiger partial charge in [0, 0.05) is 68.2 Å². The zero-order valence-corrected chi connectivity index (χ0v) is 22.4. The Morgan fingerprint density at radius 3 is 2.69 bits per heavy atom. The fourth-order valence-corrected chi connectivity index (χ4v) is 7.49. The summed E-state index contributed by atoms with van der Waals surface area (Å²) < 4.78 is 33.5. The standard InChI is InChI=1S/C28H45F2N5O/c1-18-12-23-21(8-9-25-24(23)14-31-33-25)27(35(18)17-28(2,3)30)22-7-6-19(13-26(22)36-4)32-20-15-34(16-20)11-5-10-29/h6-7,13,18,20-21,23-25,27,31-33H,5,8-12,14-17H2,1-4H3/t18-,21?,23?,24?,25?,27+/m1/s1. The minimum atomic E-state index is -1.26. The number of anilines is 1. The van der Waals surface area contributed by atoms with E-state index in [0.717, 1.165) is 56.9 Å². The fraction of sp³-hybridized carbons (Fsp3) is 0.786. The van der Waals surface area contributed by atoms with Crippen molar-refractivity contribution in [2.24, 2.45) is 17.8 Å². The van der Waals surface area contributed by atoms with E-state index in [1.54, 1.807) is 21.0 Å². The molecule has 6 atom stereocenters. The molecule has 4 unspecified atom stereocenters. The maximum Gasteiger partial charge on any atom is 0.125 e. The molecule has 36 heavy (non-hydrogen) atoms. The number of ether oxygens (including phenoxy) is 1. The van der Waals surface area contributed by atoms with Crippen molar-refractivity contribution in [2.75, 3.05) is 51.8 Å². The third-order valence-corrected chi connectivity index (χ3v) is 9.04. The van der Waals surface area contributed by atoms with Gasteiger partial charge in [0.05, 0.1) is 19.8 Å². The van der Waals surface area contributed by atoms with Crippen LogP contribution in [-0.2, 0) is 0 Å². The van der Waals surface area contributed by atoms with Gasteiger partial charge in [-0.05, 0) is 70.3 Å². The van der Waals surface area contributed by atoms with Gasteiger partial charge in [-0.3, -0.25) is 25.0 Å². The molecule has 0 amide bonds. The molecule has 0 bridgehead atoms. The molecule has 4 fully saturated rings. The maximum atomic E-state index is 15.1. The monoisotopic (exact) mass is 505 g/mol. The van der Waals surface area contributed by atoms with Crippen LogP contribution >= 0.6 is 0 Å². The number of likely N-dealkylation sites (tertiary alicyclic amines) is 2. The van der Waals surface area contributed by atoms with Crippen LogP contribution in [0.25, 0.3) is 0 Å². The largest absolute Gasteiger partial charge is 0.496 e. The summed E-state index contributed by atoms with van der Waals surface area (Å²) in [5.74, 6) is 2.60. The first kappa shape index (κ1) is 26.1. The molecular weight excluding hydrogens is 460 g/mol. The van der Waals surface area contributed by atoms with Crippen LogP contribution in [0.15, 0.2) is 18.2 Å². The van der Waals surface area contributed by atoms with Crippen molar-refractivity contribution in [3.63, 3.8) is 0 Å². The second kappa shape index (κ2) is 10.7. The van der Waals surface area contributed by atoms with Gasteiger partial charge in [0.1, 0.15) is 11.4 Å². The Kier molecular flexibility index (Phi) is 7.78. The van der Waals surface area contributed by atoms with E-state index in [1.165, 1.54) is 5.56 Å². The zero-order valence-electron chi connectivity index (χ0n) is 22.4. The van der Waals surface area contributed by atoms with Crippen molar-refractivity contribution in [1.29, 1.82) is 0 Å². The zero-order chi connectivity index (χ0) is 25.4. The van der Waals surface area contributed by atoms with Crippen LogP contribution in [-0.4, -0.2) is 80.1 Å². The molecule has 3 N–H and O–H groups in total. The SMILES string of the molecule is COc1cc(NC2CN(CCCF)C2)ccc1[C@@H]1C2CCC3NNCC3C2C[C@@H](C)N1CC(C)(C)F. The van der Waals surface area contributed by atoms with Crippen LogP contribution in [0.5, 0.6) is 5.75 Å². The molecular formula is C28H45F2N5O. The molecule has 0 aromatic heterocycles. The summed E-state index contributed by atoms with van der Waals surface area (Å²) in [6.45, 7) is 9.58. The molecule has 6 nitrogen and oxygen atoms in total. The van der Waals surface area contributed by atoms with E-state index >= 15 is 4.39 Å². The lowest BCUT2D eigenvalue weighted by atomic mass is 9.61. The number of hydrogen-bond donors (Lipinski definition) is 3. The summed E-state index contributed by atoms with van der Waals surface area (Å²) in [5, 5.41) is 3.63. The minimum Gasteiger partial charge on any atom is -0.496 e. The molecule has 0 radical (unpaired) electrons. The van der Waals surface area contributed by atoms with Crippen LogP contribution in [0.3, 0.4) is 0 Å². The van der Waals surface area contributed by atoms with E-state index in [4.69, 9.17) is 4.74 Å². The van der Waals surface area contributed by atoms with Crippen LogP contribution in [0.1, 0.15) is 58.1 Å². The summed E-state index contributed by atoms with van der Waals surface area (Å²) in [6, 6.07) is 7.87. The molecule has 3 saturated heterocycles. The molecule has 1 aromatic rings. The summed E-state index contributed by atoms with van der Waals surface area (Å²) in [6.07, 6.45) is 4.02. The summed E-state index contributed by atoms with van der Waals surface area (Å²) in [7, 11) is 1.75. The van der Waals surface area contributed by atoms with Gasteiger partial charge in [-0.2, -0.15) is 0 Å². The first-order valence-corrected chi connectivity index (χ1v) is 13.9. The quantitative estimate of drug-likeness (QED) is 0.469. The van der Waals surface area contributed by atoms with Gasteiger partial charge in [0.15, 0.2) is 0 Å². The smallest absolute Gasteiger partial charge is 0.125 e. The third kappa shape index (κ3) is 5.38. The average molecular weight is 506 g/mol. The number of nitrogens with zero attached hydrogens (tertiary/aromatic N) is 2. The van der Waals surface area contributed by atoms with Gasteiger partial charge < -0.3 is 10.1 Å². The van der Waals surface area contributed by atoms with Crippen molar-refractivity contribution < 1.29 is 13.5 Å². The number of rotatable bonds is 9. The predicted molar refractivity (Wildman–Crippen MR) is 141 cm³/mol. The van der Waals surface area contributed by atoms with Crippen molar-refractivity contribution in [1.82, 2.24) is 20.7 Å². The number of nitrogens with one attached hydrogen (secondary N) is 3. The Bertz CT molecular complexity index is 889. The molecule has 1 aliphatic carbocycles. The van der Waals surface area contributed by atoms with E-state index in [2.05, 4.69) is 51.1 Å². The summed E-state index contributed by atoms with van der Waals surface area (Å²) >= 11 is 0. The van der Waals surface area contributed by atoms with Gasteiger partial charge in [-0.1, -0.05) is 6.07 Å². The average Bonchev–Trinajstić information content (AvgIpc) is 3.30. The van der Waals surface area contributed by atoms with E-state index in [1.807, 2.05) is 0 Å². The molecule has 1 saturated carbocycles. The van der Waals surface area contributed by atoms with Crippen molar-refractivity contribution >= 4 is 5.69 Å². The van der Waals surface area contributed by atoms with Crippen molar-refractivity contribution in [3.8, 4) is 5.75 Å². The number of alkyl halides is 2. The highest BCUT2D eigenvalue weighted by molar-refractivity contribution is 5.54. The van der Waals surface area contributed by atoms with E-state index in [9.17, 15) is 4.39 Å². The molecule has 3 aliphatic heterocycles. The van der Waals surface area contributed by atoms with Crippen molar-refractivity contribution in [3.05, 3.63) is 23.8 Å². The Balaban J connectivity index is 1.39. The van der Waals surface area contributed by atoms with Crippen LogP contribution in [0, 0.1) is 17.8 Å². The van der Waals surface area contributed by atoms with Gasteiger partial charge in [-0.25, -0.2) is 4.39 Å². The first-order chi connectivity index (χ1) is 17.3. The van der Waals surface area contributed by atoms with E-state index in [0.29, 0.717) is 48.8 Å². The molecule has 202 valence electrons. The molecule has 3 heterocycles. The molecule has 5 rings (SSSR count). The molecule has 8 heteroatoms. The molecule has 0 spiro atoms. The third-order valence-electron chi connectivity index (χ3n) is 9.04. The highest BCUT2D eigenvalue weighted by atomic mass is 19.1. The summed E-state index contributed by atoms with van der Waals surface area (Å²) in [5.41, 5.74) is 7.89. The lowest BCUT2D eigenvalue weighted by Gasteiger charge is -2.55. The second-order valence-electron chi connectivity index (χ2n) is 12.2. The lowest BCUT2D eigenvalue weighted by molar-refractivity contribution is -0.0581. The molecule has 4 aliphatic rings. The van der Waals surface area contributed by atoms with Gasteiger partial charge in [-0.15, -0.1) is 0 Å². The number of fused-ring (bicyclic) bond motifs is 3. The highest BCUT2D eigenvalue weighted by Crippen LogP contribution is 2.53. The predicted octanol–water partition coefficient (Wildman–Crippen LogP) is 4.15. The minimum absolute atomic E-state index is 0.138. The number of hydrazine groups is 1. The Morgan fingerprint density at radius 2 is 1.97 bits per heavy atom. The first-order valence-electron chi connectivity index (χ1n) is 13.9. The Hall–Kier alpha value is -1.48. The van der Waals surface area contributed by atoms with Gasteiger partial charge >= 0.3 is 0 Å². The van der Waals surface area contributed by atoms with Crippen LogP contribution in [0.2, 0.25) is 0 Å². The lowest BCUT2D eigenvalue weighted by Crippen LogP contribution is -2.56. The number of methoxy groups -OCH3 is 1. The Labute approximate surface area is 215 Å². The highest BCUT2D eigenvalue weighted by Gasteiger charge is 2.51. The normalized spacial score (nSPS) is 33.6. The van der Waals surface area contributed by atoms with Gasteiger partial charge in [0.25, 0.3) is 0 Å². The van der Waals surface area contributed by atoms with Crippen LogP contribution < -0.4 is 20.9 Å². The van der Waals surface area contributed by atoms with E-state index < -0.39 is 5.67 Å². The maximum absolute atomic E-state index is 15.1.